The third-order valence-corrected chi connectivity index (χ3v) is 4.17. The number of rotatable bonds is 4. The predicted octanol–water partition coefficient (Wildman–Crippen LogP) is 2.82. The van der Waals surface area contributed by atoms with Crippen molar-refractivity contribution in [1.29, 1.82) is 5.26 Å². The molecular weight excluding hydrogens is 234 g/mol. The second-order valence-electron chi connectivity index (χ2n) is 5.38. The van der Waals surface area contributed by atoms with Crippen LogP contribution in [0.5, 0.6) is 0 Å². The van der Waals surface area contributed by atoms with E-state index in [-0.39, 0.29) is 0 Å². The second-order valence-corrected chi connectivity index (χ2v) is 5.38. The van der Waals surface area contributed by atoms with Crippen molar-refractivity contribution in [2.24, 2.45) is 5.73 Å². The Morgan fingerprint density at radius 1 is 1.47 bits per heavy atom. The van der Waals surface area contributed by atoms with Crippen molar-refractivity contribution in [2.45, 2.75) is 44.7 Å². The molecule has 1 heterocycles. The molecule has 2 rings (SSSR count). The van der Waals surface area contributed by atoms with E-state index < -0.39 is 0 Å². The molecule has 0 aliphatic carbocycles. The smallest absolute Gasteiger partial charge is 0.0991 e. The molecule has 1 saturated heterocycles. The number of likely N-dealkylation sites (tertiary alicyclic amines) is 1. The summed E-state index contributed by atoms with van der Waals surface area (Å²) in [5.41, 5.74) is 7.72. The third kappa shape index (κ3) is 3.34. The molecule has 0 saturated carbocycles. The molecule has 0 radical (unpaired) electrons. The summed E-state index contributed by atoms with van der Waals surface area (Å²) in [6, 6.07) is 11.2. The van der Waals surface area contributed by atoms with Gasteiger partial charge in [0.25, 0.3) is 0 Å². The van der Waals surface area contributed by atoms with Gasteiger partial charge in [0, 0.05) is 12.1 Å². The molecule has 0 aromatic heterocycles. The molecule has 0 spiro atoms. The van der Waals surface area contributed by atoms with Gasteiger partial charge in [-0.1, -0.05) is 18.6 Å². The third-order valence-electron chi connectivity index (χ3n) is 4.17. The van der Waals surface area contributed by atoms with Crippen LogP contribution in [0.1, 0.15) is 49.8 Å². The van der Waals surface area contributed by atoms with Crippen LogP contribution in [0.4, 0.5) is 0 Å². The fraction of sp³-hybridized carbons (Fsp3) is 0.562. The number of nitrogens with two attached hydrogens (primary N) is 1. The Bertz CT molecular complexity index is 448. The van der Waals surface area contributed by atoms with Crippen LogP contribution < -0.4 is 5.73 Å². The lowest BCUT2D eigenvalue weighted by Gasteiger charge is -2.40. The summed E-state index contributed by atoms with van der Waals surface area (Å²) in [5.74, 6) is 0. The maximum Gasteiger partial charge on any atom is 0.0991 e. The van der Waals surface area contributed by atoms with Gasteiger partial charge in [-0.25, -0.2) is 0 Å². The van der Waals surface area contributed by atoms with Gasteiger partial charge in [0.05, 0.1) is 11.6 Å². The molecule has 0 bridgehead atoms. The van der Waals surface area contributed by atoms with Gasteiger partial charge in [-0.15, -0.1) is 0 Å². The van der Waals surface area contributed by atoms with Crippen LogP contribution in [0.15, 0.2) is 24.3 Å². The number of hydrogen-bond donors (Lipinski definition) is 1. The number of benzene rings is 1. The fourth-order valence-corrected chi connectivity index (χ4v) is 3.09. The normalized spacial score (nSPS) is 21.8. The maximum atomic E-state index is 9.01. The van der Waals surface area contributed by atoms with Crippen LogP contribution >= 0.6 is 0 Å². The van der Waals surface area contributed by atoms with Crippen molar-refractivity contribution < 1.29 is 0 Å². The van der Waals surface area contributed by atoms with Gasteiger partial charge < -0.3 is 5.73 Å². The number of nitriles is 1. The highest BCUT2D eigenvalue weighted by Crippen LogP contribution is 2.29. The van der Waals surface area contributed by atoms with E-state index in [9.17, 15) is 0 Å². The van der Waals surface area contributed by atoms with Gasteiger partial charge in [-0.2, -0.15) is 5.26 Å². The summed E-state index contributed by atoms with van der Waals surface area (Å²) in [5, 5.41) is 9.01. The largest absolute Gasteiger partial charge is 0.330 e. The average molecular weight is 257 g/mol. The topological polar surface area (TPSA) is 53.0 Å². The molecule has 1 fully saturated rings. The standard InChI is InChI=1S/C16H23N3/c1-13(15-6-4-5-14(11-15)12-18)19-10-3-2-7-16(19)8-9-17/h4-6,11,13,16H,2-3,7-10,17H2,1H3. The van der Waals surface area contributed by atoms with Gasteiger partial charge in [0.1, 0.15) is 0 Å². The fourth-order valence-electron chi connectivity index (χ4n) is 3.09. The van der Waals surface area contributed by atoms with E-state index >= 15 is 0 Å². The van der Waals surface area contributed by atoms with Gasteiger partial charge in [0.2, 0.25) is 0 Å². The molecule has 1 aromatic carbocycles. The number of piperidine rings is 1. The highest BCUT2D eigenvalue weighted by Gasteiger charge is 2.26. The van der Waals surface area contributed by atoms with E-state index in [0.29, 0.717) is 12.1 Å². The van der Waals surface area contributed by atoms with Crippen LogP contribution in [0.3, 0.4) is 0 Å². The lowest BCUT2D eigenvalue weighted by molar-refractivity contribution is 0.0984. The first-order valence-electron chi connectivity index (χ1n) is 7.22. The monoisotopic (exact) mass is 257 g/mol. The lowest BCUT2D eigenvalue weighted by Crippen LogP contribution is -2.42. The molecule has 0 amide bonds. The zero-order chi connectivity index (χ0) is 13.7. The SMILES string of the molecule is CC(c1cccc(C#N)c1)N1CCCCC1CCN. The zero-order valence-electron chi connectivity index (χ0n) is 11.7. The first-order valence-corrected chi connectivity index (χ1v) is 7.22. The summed E-state index contributed by atoms with van der Waals surface area (Å²) in [6.45, 7) is 4.14. The maximum absolute atomic E-state index is 9.01. The Morgan fingerprint density at radius 3 is 3.05 bits per heavy atom. The minimum absolute atomic E-state index is 0.366. The van der Waals surface area contributed by atoms with E-state index in [4.69, 9.17) is 11.0 Å². The molecule has 2 N–H and O–H groups in total. The summed E-state index contributed by atoms with van der Waals surface area (Å²) in [4.78, 5) is 2.56. The quantitative estimate of drug-likeness (QED) is 0.902. The van der Waals surface area contributed by atoms with Crippen molar-refractivity contribution >= 4 is 0 Å². The van der Waals surface area contributed by atoms with Crippen LogP contribution in [-0.4, -0.2) is 24.0 Å². The summed E-state index contributed by atoms with van der Waals surface area (Å²) >= 11 is 0. The Labute approximate surface area is 116 Å². The molecule has 102 valence electrons. The highest BCUT2D eigenvalue weighted by molar-refractivity contribution is 5.34. The summed E-state index contributed by atoms with van der Waals surface area (Å²) < 4.78 is 0. The van der Waals surface area contributed by atoms with Crippen LogP contribution in [-0.2, 0) is 0 Å². The molecule has 2 unspecified atom stereocenters. The Balaban J connectivity index is 2.16. The zero-order valence-corrected chi connectivity index (χ0v) is 11.7. The van der Waals surface area contributed by atoms with E-state index in [1.165, 1.54) is 24.8 Å². The van der Waals surface area contributed by atoms with Crippen molar-refractivity contribution in [3.63, 3.8) is 0 Å². The minimum Gasteiger partial charge on any atom is -0.330 e. The second kappa shape index (κ2) is 6.70. The molecule has 19 heavy (non-hydrogen) atoms. The van der Waals surface area contributed by atoms with E-state index in [0.717, 1.165) is 25.1 Å². The van der Waals surface area contributed by atoms with Gasteiger partial charge in [-0.3, -0.25) is 4.90 Å². The van der Waals surface area contributed by atoms with Gasteiger partial charge in [0.15, 0.2) is 0 Å². The summed E-state index contributed by atoms with van der Waals surface area (Å²) in [7, 11) is 0. The van der Waals surface area contributed by atoms with Crippen molar-refractivity contribution in [3.8, 4) is 6.07 Å². The van der Waals surface area contributed by atoms with E-state index in [1.54, 1.807) is 0 Å². The van der Waals surface area contributed by atoms with E-state index in [2.05, 4.69) is 24.0 Å². The van der Waals surface area contributed by atoms with Crippen LogP contribution in [0.25, 0.3) is 0 Å². The molecule has 1 aliphatic rings. The molecule has 1 aliphatic heterocycles. The van der Waals surface area contributed by atoms with Gasteiger partial charge in [-0.05, 0) is 57.0 Å². The predicted molar refractivity (Wildman–Crippen MR) is 77.6 cm³/mol. The number of hydrogen-bond acceptors (Lipinski definition) is 3. The van der Waals surface area contributed by atoms with Crippen LogP contribution in [0, 0.1) is 11.3 Å². The van der Waals surface area contributed by atoms with Crippen molar-refractivity contribution in [1.82, 2.24) is 4.90 Å². The molecule has 3 heteroatoms. The lowest BCUT2D eigenvalue weighted by atomic mass is 9.94. The Hall–Kier alpha value is -1.37. The first kappa shape index (κ1) is 14.0. The Kier molecular flexibility index (Phi) is 4.95. The highest BCUT2D eigenvalue weighted by atomic mass is 15.2. The van der Waals surface area contributed by atoms with Crippen molar-refractivity contribution in [3.05, 3.63) is 35.4 Å². The molecule has 2 atom stereocenters. The Morgan fingerprint density at radius 2 is 2.32 bits per heavy atom. The number of nitrogens with zero attached hydrogens (tertiary/aromatic N) is 2. The molecular formula is C16H23N3. The average Bonchev–Trinajstić information content (AvgIpc) is 2.47. The minimum atomic E-state index is 0.366. The van der Waals surface area contributed by atoms with E-state index in [1.807, 2.05) is 18.2 Å². The first-order chi connectivity index (χ1) is 9.26. The van der Waals surface area contributed by atoms with Crippen molar-refractivity contribution in [2.75, 3.05) is 13.1 Å². The van der Waals surface area contributed by atoms with Gasteiger partial charge >= 0.3 is 0 Å². The molecule has 3 nitrogen and oxygen atoms in total. The van der Waals surface area contributed by atoms with Crippen LogP contribution in [0.2, 0.25) is 0 Å². The summed E-state index contributed by atoms with van der Waals surface area (Å²) in [6.07, 6.45) is 4.90. The molecule has 1 aromatic rings.